The van der Waals surface area contributed by atoms with Crippen molar-refractivity contribution in [3.8, 4) is 0 Å². The minimum absolute atomic E-state index is 0.422. The molecule has 4 nitrogen and oxygen atoms in total. The van der Waals surface area contributed by atoms with Gasteiger partial charge < -0.3 is 15.4 Å². The minimum Gasteiger partial charge on any atom is -0.378 e. The Hall–Kier alpha value is -0.770. The topological polar surface area (TPSA) is 50.8 Å². The molecule has 0 aromatic carbocycles. The SMILES string of the molecule is CCCN=C(N)N1CCC(OCC)CC1. The average molecular weight is 213 g/mol. The molecule has 0 bridgehead atoms. The summed E-state index contributed by atoms with van der Waals surface area (Å²) in [7, 11) is 0. The van der Waals surface area contributed by atoms with Crippen LogP contribution >= 0.6 is 0 Å². The van der Waals surface area contributed by atoms with E-state index in [0.29, 0.717) is 12.1 Å². The number of nitrogens with two attached hydrogens (primary N) is 1. The van der Waals surface area contributed by atoms with Crippen molar-refractivity contribution in [3.63, 3.8) is 0 Å². The Morgan fingerprint density at radius 2 is 2.07 bits per heavy atom. The molecule has 0 radical (unpaired) electrons. The largest absolute Gasteiger partial charge is 0.378 e. The van der Waals surface area contributed by atoms with E-state index in [1.165, 1.54) is 0 Å². The second-order valence-electron chi connectivity index (χ2n) is 3.88. The normalized spacial score (nSPS) is 19.6. The molecule has 0 saturated carbocycles. The first-order valence-corrected chi connectivity index (χ1v) is 5.94. The lowest BCUT2D eigenvalue weighted by Gasteiger charge is -2.32. The molecule has 0 aromatic rings. The first-order valence-electron chi connectivity index (χ1n) is 5.94. The van der Waals surface area contributed by atoms with Crippen molar-refractivity contribution in [1.82, 2.24) is 4.90 Å². The molecule has 0 amide bonds. The maximum atomic E-state index is 5.89. The van der Waals surface area contributed by atoms with Crippen molar-refractivity contribution in [2.45, 2.75) is 39.2 Å². The molecule has 15 heavy (non-hydrogen) atoms. The summed E-state index contributed by atoms with van der Waals surface area (Å²) in [6, 6.07) is 0. The number of piperidine rings is 1. The van der Waals surface area contributed by atoms with E-state index in [9.17, 15) is 0 Å². The predicted octanol–water partition coefficient (Wildman–Crippen LogP) is 1.21. The van der Waals surface area contributed by atoms with E-state index in [1.807, 2.05) is 6.92 Å². The molecule has 0 spiro atoms. The van der Waals surface area contributed by atoms with Crippen molar-refractivity contribution in [3.05, 3.63) is 0 Å². The average Bonchev–Trinajstić information content (AvgIpc) is 2.27. The van der Waals surface area contributed by atoms with Gasteiger partial charge in [-0.1, -0.05) is 6.92 Å². The van der Waals surface area contributed by atoms with Crippen molar-refractivity contribution < 1.29 is 4.74 Å². The summed E-state index contributed by atoms with van der Waals surface area (Å²) < 4.78 is 5.58. The Morgan fingerprint density at radius 1 is 1.40 bits per heavy atom. The van der Waals surface area contributed by atoms with Crippen LogP contribution in [0.1, 0.15) is 33.1 Å². The second kappa shape index (κ2) is 6.67. The summed E-state index contributed by atoms with van der Waals surface area (Å²) in [6.07, 6.45) is 3.60. The molecular weight excluding hydrogens is 190 g/mol. The van der Waals surface area contributed by atoms with Crippen LogP contribution in [-0.4, -0.2) is 43.2 Å². The van der Waals surface area contributed by atoms with E-state index in [2.05, 4.69) is 16.8 Å². The van der Waals surface area contributed by atoms with Crippen molar-refractivity contribution >= 4 is 5.96 Å². The molecule has 0 aromatic heterocycles. The van der Waals surface area contributed by atoms with E-state index in [4.69, 9.17) is 10.5 Å². The third-order valence-corrected chi connectivity index (χ3v) is 2.67. The fourth-order valence-corrected chi connectivity index (χ4v) is 1.81. The number of aliphatic imine (C=N–C) groups is 1. The Morgan fingerprint density at radius 3 is 2.60 bits per heavy atom. The number of nitrogens with zero attached hydrogens (tertiary/aromatic N) is 2. The molecule has 1 aliphatic rings. The van der Waals surface area contributed by atoms with Gasteiger partial charge in [0, 0.05) is 26.2 Å². The van der Waals surface area contributed by atoms with Crippen LogP contribution in [0.25, 0.3) is 0 Å². The van der Waals surface area contributed by atoms with Crippen molar-refractivity contribution in [2.24, 2.45) is 10.7 Å². The fourth-order valence-electron chi connectivity index (χ4n) is 1.81. The summed E-state index contributed by atoms with van der Waals surface area (Å²) in [4.78, 5) is 6.47. The summed E-state index contributed by atoms with van der Waals surface area (Å²) in [5.74, 6) is 0.701. The number of hydrogen-bond donors (Lipinski definition) is 1. The molecule has 0 aliphatic carbocycles. The van der Waals surface area contributed by atoms with Gasteiger partial charge in [-0.15, -0.1) is 0 Å². The third kappa shape index (κ3) is 4.08. The van der Waals surface area contributed by atoms with E-state index in [1.54, 1.807) is 0 Å². The van der Waals surface area contributed by atoms with Crippen LogP contribution in [0.2, 0.25) is 0 Å². The lowest BCUT2D eigenvalue weighted by atomic mass is 10.1. The fraction of sp³-hybridized carbons (Fsp3) is 0.909. The van der Waals surface area contributed by atoms with Gasteiger partial charge in [0.15, 0.2) is 5.96 Å². The maximum absolute atomic E-state index is 5.89. The van der Waals surface area contributed by atoms with Crippen LogP contribution < -0.4 is 5.73 Å². The van der Waals surface area contributed by atoms with Gasteiger partial charge in [0.25, 0.3) is 0 Å². The van der Waals surface area contributed by atoms with Gasteiger partial charge in [0.2, 0.25) is 0 Å². The third-order valence-electron chi connectivity index (χ3n) is 2.67. The van der Waals surface area contributed by atoms with Gasteiger partial charge in [-0.25, -0.2) is 0 Å². The van der Waals surface area contributed by atoms with Crippen LogP contribution in [0.4, 0.5) is 0 Å². The first-order chi connectivity index (χ1) is 7.27. The highest BCUT2D eigenvalue weighted by atomic mass is 16.5. The van der Waals surface area contributed by atoms with E-state index in [0.717, 1.165) is 45.5 Å². The van der Waals surface area contributed by atoms with Gasteiger partial charge in [-0.05, 0) is 26.2 Å². The Labute approximate surface area is 92.5 Å². The minimum atomic E-state index is 0.422. The lowest BCUT2D eigenvalue weighted by molar-refractivity contribution is 0.0267. The van der Waals surface area contributed by atoms with Crippen LogP contribution in [0.5, 0.6) is 0 Å². The molecule has 0 atom stereocenters. The molecule has 1 fully saturated rings. The lowest BCUT2D eigenvalue weighted by Crippen LogP contribution is -2.44. The quantitative estimate of drug-likeness (QED) is 0.564. The molecule has 2 N–H and O–H groups in total. The summed E-state index contributed by atoms with van der Waals surface area (Å²) in [6.45, 7) is 7.75. The Bertz CT molecular complexity index is 198. The summed E-state index contributed by atoms with van der Waals surface area (Å²) in [5.41, 5.74) is 5.89. The van der Waals surface area contributed by atoms with Crippen LogP contribution in [0.3, 0.4) is 0 Å². The number of ether oxygens (including phenoxy) is 1. The van der Waals surface area contributed by atoms with Crippen LogP contribution in [0.15, 0.2) is 4.99 Å². The number of likely N-dealkylation sites (tertiary alicyclic amines) is 1. The molecule has 4 heteroatoms. The Balaban J connectivity index is 2.30. The molecule has 0 unspecified atom stereocenters. The van der Waals surface area contributed by atoms with E-state index >= 15 is 0 Å². The highest BCUT2D eigenvalue weighted by molar-refractivity contribution is 5.78. The first kappa shape index (κ1) is 12.3. The maximum Gasteiger partial charge on any atom is 0.191 e. The molecule has 88 valence electrons. The monoisotopic (exact) mass is 213 g/mol. The Kier molecular flexibility index (Phi) is 5.47. The van der Waals surface area contributed by atoms with Gasteiger partial charge >= 0.3 is 0 Å². The standard InChI is InChI=1S/C11H23N3O/c1-3-7-13-11(12)14-8-5-10(6-9-14)15-4-2/h10H,3-9H2,1-2H3,(H2,12,13). The zero-order valence-corrected chi connectivity index (χ0v) is 9.91. The molecular formula is C11H23N3O. The van der Waals surface area contributed by atoms with Crippen molar-refractivity contribution in [2.75, 3.05) is 26.2 Å². The molecule has 1 heterocycles. The second-order valence-corrected chi connectivity index (χ2v) is 3.88. The molecule has 1 rings (SSSR count). The van der Waals surface area contributed by atoms with Crippen molar-refractivity contribution in [1.29, 1.82) is 0 Å². The predicted molar refractivity (Wildman–Crippen MR) is 63.0 cm³/mol. The highest BCUT2D eigenvalue weighted by Gasteiger charge is 2.19. The van der Waals surface area contributed by atoms with Crippen LogP contribution in [-0.2, 0) is 4.74 Å². The zero-order chi connectivity index (χ0) is 11.1. The van der Waals surface area contributed by atoms with Gasteiger partial charge in [-0.2, -0.15) is 0 Å². The molecule has 1 saturated heterocycles. The van der Waals surface area contributed by atoms with Crippen LogP contribution in [0, 0.1) is 0 Å². The highest BCUT2D eigenvalue weighted by Crippen LogP contribution is 2.13. The van der Waals surface area contributed by atoms with Gasteiger partial charge in [-0.3, -0.25) is 4.99 Å². The summed E-state index contributed by atoms with van der Waals surface area (Å²) >= 11 is 0. The van der Waals surface area contributed by atoms with Gasteiger partial charge in [0.1, 0.15) is 0 Å². The zero-order valence-electron chi connectivity index (χ0n) is 9.91. The number of guanidine groups is 1. The smallest absolute Gasteiger partial charge is 0.191 e. The number of hydrogen-bond acceptors (Lipinski definition) is 2. The molecule has 1 aliphatic heterocycles. The van der Waals surface area contributed by atoms with E-state index < -0.39 is 0 Å². The summed E-state index contributed by atoms with van der Waals surface area (Å²) in [5, 5.41) is 0. The van der Waals surface area contributed by atoms with Gasteiger partial charge in [0.05, 0.1) is 6.10 Å². The number of rotatable bonds is 4. The van der Waals surface area contributed by atoms with E-state index in [-0.39, 0.29) is 0 Å².